The lowest BCUT2D eigenvalue weighted by atomic mass is 9.96. The van der Waals surface area contributed by atoms with Gasteiger partial charge in [0.05, 0.1) is 12.5 Å². The molecule has 1 amide bonds. The number of nitrogens with one attached hydrogen (secondary N) is 1. The number of halogens is 2. The molecule has 0 aromatic carbocycles. The SMILES string of the molecule is CNCC1CCN(C(=O)CCc2c(C)nc3c(c(OC)nn3C)c2C)CC1.Cl.Cl. The van der Waals surface area contributed by atoms with Crippen molar-refractivity contribution >= 4 is 41.8 Å². The number of fused-ring (bicyclic) bond motifs is 1. The molecular formula is C20H33Cl2N5O2. The van der Waals surface area contributed by atoms with E-state index in [2.05, 4.69) is 17.3 Å². The van der Waals surface area contributed by atoms with E-state index in [0.29, 0.717) is 24.6 Å². The number of pyridine rings is 1. The number of hydrogen-bond acceptors (Lipinski definition) is 5. The molecule has 0 bridgehead atoms. The molecule has 0 atom stereocenters. The van der Waals surface area contributed by atoms with Crippen LogP contribution in [0.1, 0.15) is 36.1 Å². The Hall–Kier alpha value is -1.57. The average molecular weight is 446 g/mol. The minimum atomic E-state index is 0. The van der Waals surface area contributed by atoms with Gasteiger partial charge in [0, 0.05) is 32.3 Å². The Labute approximate surface area is 185 Å². The first-order valence-corrected chi connectivity index (χ1v) is 9.75. The van der Waals surface area contributed by atoms with Crippen molar-refractivity contribution in [3.05, 3.63) is 16.8 Å². The van der Waals surface area contributed by atoms with Gasteiger partial charge in [-0.2, -0.15) is 0 Å². The number of carbonyl (C=O) groups excluding carboxylic acids is 1. The molecule has 1 aliphatic rings. The minimum absolute atomic E-state index is 0. The van der Waals surface area contributed by atoms with Gasteiger partial charge in [-0.15, -0.1) is 29.9 Å². The molecule has 2 aromatic rings. The standard InChI is InChI=1S/C20H31N5O2.2ClH/c1-13-16(14(2)22-19-18(13)20(27-5)23-24(19)4)6-7-17(26)25-10-8-15(9-11-25)12-21-3;;/h15,21H,6-12H2,1-5H3;2*1H. The van der Waals surface area contributed by atoms with Crippen molar-refractivity contribution in [1.29, 1.82) is 0 Å². The fourth-order valence-corrected chi connectivity index (χ4v) is 4.17. The first kappa shape index (κ1) is 25.5. The van der Waals surface area contributed by atoms with Crippen LogP contribution in [0.25, 0.3) is 11.0 Å². The zero-order valence-electron chi connectivity index (χ0n) is 17.9. The summed E-state index contributed by atoms with van der Waals surface area (Å²) in [6, 6.07) is 0. The first-order chi connectivity index (χ1) is 13.0. The summed E-state index contributed by atoms with van der Waals surface area (Å²) in [6.45, 7) is 6.87. The highest BCUT2D eigenvalue weighted by Gasteiger charge is 2.23. The highest BCUT2D eigenvalue weighted by atomic mass is 35.5. The number of carbonyl (C=O) groups is 1. The molecule has 0 spiro atoms. The van der Waals surface area contributed by atoms with Crippen LogP contribution in [0.3, 0.4) is 0 Å². The molecule has 0 unspecified atom stereocenters. The predicted molar refractivity (Wildman–Crippen MR) is 121 cm³/mol. The monoisotopic (exact) mass is 445 g/mol. The summed E-state index contributed by atoms with van der Waals surface area (Å²) in [7, 11) is 5.49. The fourth-order valence-electron chi connectivity index (χ4n) is 4.17. The molecule has 1 saturated heterocycles. The van der Waals surface area contributed by atoms with E-state index in [0.717, 1.165) is 60.3 Å². The number of hydrogen-bond donors (Lipinski definition) is 1. The molecule has 3 heterocycles. The fraction of sp³-hybridized carbons (Fsp3) is 0.650. The van der Waals surface area contributed by atoms with Crippen LogP contribution in [0.5, 0.6) is 5.88 Å². The molecule has 164 valence electrons. The zero-order chi connectivity index (χ0) is 19.6. The third-order valence-corrected chi connectivity index (χ3v) is 5.77. The third-order valence-electron chi connectivity index (χ3n) is 5.77. The summed E-state index contributed by atoms with van der Waals surface area (Å²) >= 11 is 0. The van der Waals surface area contributed by atoms with Gasteiger partial charge in [-0.3, -0.25) is 4.79 Å². The Kier molecular flexibility index (Phi) is 9.65. The van der Waals surface area contributed by atoms with Gasteiger partial charge in [-0.1, -0.05) is 0 Å². The van der Waals surface area contributed by atoms with Crippen LogP contribution in [0.15, 0.2) is 0 Å². The lowest BCUT2D eigenvalue weighted by Crippen LogP contribution is -2.40. The van der Waals surface area contributed by atoms with Gasteiger partial charge in [-0.25, -0.2) is 9.67 Å². The van der Waals surface area contributed by atoms with E-state index >= 15 is 0 Å². The minimum Gasteiger partial charge on any atom is -0.479 e. The molecule has 0 aliphatic carbocycles. The summed E-state index contributed by atoms with van der Waals surface area (Å²) < 4.78 is 7.17. The molecule has 0 radical (unpaired) electrons. The maximum atomic E-state index is 12.7. The maximum Gasteiger partial charge on any atom is 0.242 e. The number of piperidine rings is 1. The van der Waals surface area contributed by atoms with Crippen molar-refractivity contribution in [3.8, 4) is 5.88 Å². The van der Waals surface area contributed by atoms with E-state index in [1.54, 1.807) is 11.8 Å². The molecule has 0 saturated carbocycles. The van der Waals surface area contributed by atoms with E-state index in [-0.39, 0.29) is 30.7 Å². The topological polar surface area (TPSA) is 72.3 Å². The molecule has 9 heteroatoms. The van der Waals surface area contributed by atoms with Crippen molar-refractivity contribution < 1.29 is 9.53 Å². The van der Waals surface area contributed by atoms with Gasteiger partial charge in [0.2, 0.25) is 11.8 Å². The van der Waals surface area contributed by atoms with E-state index in [9.17, 15) is 4.79 Å². The summed E-state index contributed by atoms with van der Waals surface area (Å²) in [6.07, 6.45) is 3.40. The Morgan fingerprint density at radius 1 is 1.24 bits per heavy atom. The van der Waals surface area contributed by atoms with E-state index in [4.69, 9.17) is 9.72 Å². The molecule has 2 aromatic heterocycles. The molecular weight excluding hydrogens is 413 g/mol. The van der Waals surface area contributed by atoms with Crippen LogP contribution in [-0.4, -0.2) is 59.4 Å². The van der Waals surface area contributed by atoms with Crippen LogP contribution in [0.4, 0.5) is 0 Å². The van der Waals surface area contributed by atoms with E-state index < -0.39 is 0 Å². The molecule has 1 fully saturated rings. The number of aryl methyl sites for hydroxylation is 3. The average Bonchev–Trinajstić information content (AvgIpc) is 2.98. The van der Waals surface area contributed by atoms with E-state index in [1.165, 1.54) is 0 Å². The number of aromatic nitrogens is 3. The second-order valence-electron chi connectivity index (χ2n) is 7.51. The van der Waals surface area contributed by atoms with Gasteiger partial charge < -0.3 is 15.0 Å². The molecule has 7 nitrogen and oxygen atoms in total. The Morgan fingerprint density at radius 2 is 1.90 bits per heavy atom. The van der Waals surface area contributed by atoms with Gasteiger partial charge >= 0.3 is 0 Å². The normalized spacial score (nSPS) is 14.4. The Balaban J connectivity index is 0.00000210. The summed E-state index contributed by atoms with van der Waals surface area (Å²) in [4.78, 5) is 19.4. The van der Waals surface area contributed by atoms with Crippen LogP contribution < -0.4 is 10.1 Å². The Morgan fingerprint density at radius 3 is 2.48 bits per heavy atom. The van der Waals surface area contributed by atoms with Crippen LogP contribution in [0.2, 0.25) is 0 Å². The highest BCUT2D eigenvalue weighted by Crippen LogP contribution is 2.30. The number of amides is 1. The van der Waals surface area contributed by atoms with Crippen molar-refractivity contribution in [1.82, 2.24) is 25.0 Å². The van der Waals surface area contributed by atoms with Crippen molar-refractivity contribution in [3.63, 3.8) is 0 Å². The van der Waals surface area contributed by atoms with Crippen molar-refractivity contribution in [2.75, 3.05) is 33.8 Å². The number of methoxy groups -OCH3 is 1. The zero-order valence-corrected chi connectivity index (χ0v) is 19.6. The molecule has 1 N–H and O–H groups in total. The van der Waals surface area contributed by atoms with E-state index in [1.807, 2.05) is 25.9 Å². The summed E-state index contributed by atoms with van der Waals surface area (Å²) in [5, 5.41) is 8.58. The van der Waals surface area contributed by atoms with Gasteiger partial charge in [0.15, 0.2) is 5.65 Å². The lowest BCUT2D eigenvalue weighted by Gasteiger charge is -2.32. The molecule has 29 heavy (non-hydrogen) atoms. The van der Waals surface area contributed by atoms with Gasteiger partial charge in [-0.05, 0) is 63.7 Å². The quantitative estimate of drug-likeness (QED) is 0.739. The first-order valence-electron chi connectivity index (χ1n) is 9.75. The van der Waals surface area contributed by atoms with Crippen molar-refractivity contribution in [2.24, 2.45) is 13.0 Å². The predicted octanol–water partition coefficient (Wildman–Crippen LogP) is 2.83. The van der Waals surface area contributed by atoms with Gasteiger partial charge in [0.25, 0.3) is 0 Å². The number of rotatable bonds is 6. The number of nitrogens with zero attached hydrogens (tertiary/aromatic N) is 4. The second-order valence-corrected chi connectivity index (χ2v) is 7.51. The lowest BCUT2D eigenvalue weighted by molar-refractivity contribution is -0.132. The van der Waals surface area contributed by atoms with Crippen LogP contribution in [0, 0.1) is 19.8 Å². The second kappa shape index (κ2) is 11.0. The largest absolute Gasteiger partial charge is 0.479 e. The van der Waals surface area contributed by atoms with Gasteiger partial charge in [0.1, 0.15) is 0 Å². The highest BCUT2D eigenvalue weighted by molar-refractivity contribution is 5.86. The molecule has 1 aliphatic heterocycles. The number of ether oxygens (including phenoxy) is 1. The maximum absolute atomic E-state index is 12.7. The molecule has 3 rings (SSSR count). The smallest absolute Gasteiger partial charge is 0.242 e. The van der Waals surface area contributed by atoms with Crippen molar-refractivity contribution in [2.45, 2.75) is 39.5 Å². The van der Waals surface area contributed by atoms with Crippen LogP contribution >= 0.6 is 24.8 Å². The number of likely N-dealkylation sites (tertiary alicyclic amines) is 1. The van der Waals surface area contributed by atoms with Crippen LogP contribution in [-0.2, 0) is 18.3 Å². The third kappa shape index (κ3) is 5.32. The summed E-state index contributed by atoms with van der Waals surface area (Å²) in [5.41, 5.74) is 4.03. The Bertz CT molecular complexity index is 832. The summed E-state index contributed by atoms with van der Waals surface area (Å²) in [5.74, 6) is 1.53.